The van der Waals surface area contributed by atoms with Crippen molar-refractivity contribution in [3.05, 3.63) is 64.2 Å². The number of rotatable bonds is 3. The van der Waals surface area contributed by atoms with Gasteiger partial charge in [-0.1, -0.05) is 12.1 Å². The summed E-state index contributed by atoms with van der Waals surface area (Å²) < 4.78 is 5.22. The third-order valence-electron chi connectivity index (χ3n) is 4.07. The Labute approximate surface area is 129 Å². The van der Waals surface area contributed by atoms with Gasteiger partial charge in [-0.25, -0.2) is 0 Å². The average molecular weight is 295 g/mol. The van der Waals surface area contributed by atoms with Crippen LogP contribution < -0.4 is 4.74 Å². The average Bonchev–Trinajstić information content (AvgIpc) is 2.96. The Hall–Kier alpha value is -2.62. The second-order valence-corrected chi connectivity index (χ2v) is 5.49. The molecule has 0 aromatic heterocycles. The van der Waals surface area contributed by atoms with Gasteiger partial charge in [-0.3, -0.25) is 9.59 Å². The summed E-state index contributed by atoms with van der Waals surface area (Å²) >= 11 is 0. The molecule has 1 aliphatic rings. The SMILES string of the molecule is COc1ccc2c(c1)CN(C(=O)c1ccc(C=O)c(C)c1)C2. The van der Waals surface area contributed by atoms with Gasteiger partial charge >= 0.3 is 0 Å². The zero-order valence-electron chi connectivity index (χ0n) is 12.6. The number of amides is 1. The minimum atomic E-state index is -0.0179. The summed E-state index contributed by atoms with van der Waals surface area (Å²) in [7, 11) is 1.64. The van der Waals surface area contributed by atoms with Gasteiger partial charge < -0.3 is 9.64 Å². The quantitative estimate of drug-likeness (QED) is 0.818. The van der Waals surface area contributed by atoms with Crippen molar-refractivity contribution in [2.45, 2.75) is 20.0 Å². The topological polar surface area (TPSA) is 46.6 Å². The molecule has 1 heterocycles. The molecule has 1 amide bonds. The number of nitrogens with zero attached hydrogens (tertiary/aromatic N) is 1. The van der Waals surface area contributed by atoms with E-state index in [-0.39, 0.29) is 5.91 Å². The predicted octanol–water partition coefficient (Wildman–Crippen LogP) is 2.97. The van der Waals surface area contributed by atoms with Gasteiger partial charge in [0, 0.05) is 24.2 Å². The smallest absolute Gasteiger partial charge is 0.254 e. The number of ether oxygens (including phenoxy) is 1. The lowest BCUT2D eigenvalue weighted by molar-refractivity contribution is 0.0751. The van der Waals surface area contributed by atoms with E-state index in [4.69, 9.17) is 4.74 Å². The molecule has 1 aliphatic heterocycles. The van der Waals surface area contributed by atoms with Gasteiger partial charge in [-0.05, 0) is 47.9 Å². The molecule has 0 saturated heterocycles. The van der Waals surface area contributed by atoms with Crippen LogP contribution >= 0.6 is 0 Å². The van der Waals surface area contributed by atoms with E-state index in [0.717, 1.165) is 28.7 Å². The van der Waals surface area contributed by atoms with Gasteiger partial charge in [-0.15, -0.1) is 0 Å². The Morgan fingerprint density at radius 2 is 1.91 bits per heavy atom. The number of hydrogen-bond donors (Lipinski definition) is 0. The lowest BCUT2D eigenvalue weighted by Crippen LogP contribution is -2.25. The number of methoxy groups -OCH3 is 1. The highest BCUT2D eigenvalue weighted by atomic mass is 16.5. The normalized spacial score (nSPS) is 12.9. The Balaban J connectivity index is 1.83. The van der Waals surface area contributed by atoms with Gasteiger partial charge in [0.1, 0.15) is 12.0 Å². The van der Waals surface area contributed by atoms with Crippen molar-refractivity contribution < 1.29 is 14.3 Å². The van der Waals surface area contributed by atoms with Crippen LogP contribution in [0.4, 0.5) is 0 Å². The molecule has 4 heteroatoms. The van der Waals surface area contributed by atoms with Crippen molar-refractivity contribution in [3.63, 3.8) is 0 Å². The first-order chi connectivity index (χ1) is 10.6. The molecule has 0 bridgehead atoms. The highest BCUT2D eigenvalue weighted by molar-refractivity contribution is 5.95. The molecule has 0 atom stereocenters. The summed E-state index contributed by atoms with van der Waals surface area (Å²) in [4.78, 5) is 25.3. The van der Waals surface area contributed by atoms with Crippen molar-refractivity contribution >= 4 is 12.2 Å². The van der Waals surface area contributed by atoms with E-state index in [2.05, 4.69) is 0 Å². The van der Waals surface area contributed by atoms with Crippen LogP contribution in [-0.4, -0.2) is 24.2 Å². The molecule has 2 aromatic carbocycles. The molecule has 3 rings (SSSR count). The van der Waals surface area contributed by atoms with Crippen LogP contribution in [0.5, 0.6) is 5.75 Å². The van der Waals surface area contributed by atoms with E-state index in [0.29, 0.717) is 24.2 Å². The van der Waals surface area contributed by atoms with Crippen LogP contribution in [-0.2, 0) is 13.1 Å². The minimum Gasteiger partial charge on any atom is -0.497 e. The molecular formula is C18H17NO3. The second kappa shape index (κ2) is 5.64. The van der Waals surface area contributed by atoms with Crippen LogP contribution in [0.2, 0.25) is 0 Å². The fourth-order valence-corrected chi connectivity index (χ4v) is 2.76. The Bertz CT molecular complexity index is 752. The molecular weight excluding hydrogens is 278 g/mol. The summed E-state index contributed by atoms with van der Waals surface area (Å²) in [5.41, 5.74) is 4.32. The van der Waals surface area contributed by atoms with Crippen molar-refractivity contribution in [2.24, 2.45) is 0 Å². The molecule has 0 spiro atoms. The standard InChI is InChI=1S/C18H17NO3/c1-12-7-13(3-4-15(12)11-20)18(21)19-9-14-5-6-17(22-2)8-16(14)10-19/h3-8,11H,9-10H2,1-2H3. The summed E-state index contributed by atoms with van der Waals surface area (Å²) in [5.74, 6) is 0.787. The molecule has 0 N–H and O–H groups in total. The molecule has 4 nitrogen and oxygen atoms in total. The van der Waals surface area contributed by atoms with Crippen LogP contribution in [0.1, 0.15) is 37.4 Å². The maximum Gasteiger partial charge on any atom is 0.254 e. The number of aryl methyl sites for hydroxylation is 1. The maximum atomic E-state index is 12.6. The lowest BCUT2D eigenvalue weighted by atomic mass is 10.1. The van der Waals surface area contributed by atoms with E-state index in [9.17, 15) is 9.59 Å². The monoisotopic (exact) mass is 295 g/mol. The molecule has 0 fully saturated rings. The van der Waals surface area contributed by atoms with Crippen molar-refractivity contribution in [2.75, 3.05) is 7.11 Å². The van der Waals surface area contributed by atoms with Crippen LogP contribution in [0, 0.1) is 6.92 Å². The number of benzene rings is 2. The van der Waals surface area contributed by atoms with Gasteiger partial charge in [0.15, 0.2) is 0 Å². The van der Waals surface area contributed by atoms with Crippen molar-refractivity contribution in [1.82, 2.24) is 4.90 Å². The highest BCUT2D eigenvalue weighted by Gasteiger charge is 2.24. The summed E-state index contributed by atoms with van der Waals surface area (Å²) in [6.07, 6.45) is 0.807. The van der Waals surface area contributed by atoms with Crippen LogP contribution in [0.3, 0.4) is 0 Å². The maximum absolute atomic E-state index is 12.6. The Morgan fingerprint density at radius 3 is 2.59 bits per heavy atom. The van der Waals surface area contributed by atoms with Gasteiger partial charge in [0.05, 0.1) is 7.11 Å². The summed E-state index contributed by atoms with van der Waals surface area (Å²) in [5, 5.41) is 0. The first-order valence-electron chi connectivity index (χ1n) is 7.13. The fraction of sp³-hybridized carbons (Fsp3) is 0.222. The zero-order valence-corrected chi connectivity index (χ0v) is 12.6. The number of aldehydes is 1. The molecule has 0 saturated carbocycles. The molecule has 0 unspecified atom stereocenters. The second-order valence-electron chi connectivity index (χ2n) is 5.49. The number of carbonyl (C=O) groups excluding carboxylic acids is 2. The van der Waals surface area contributed by atoms with Crippen molar-refractivity contribution in [1.29, 1.82) is 0 Å². The van der Waals surface area contributed by atoms with Gasteiger partial charge in [-0.2, -0.15) is 0 Å². The molecule has 0 aliphatic carbocycles. The third kappa shape index (κ3) is 2.48. The largest absolute Gasteiger partial charge is 0.497 e. The molecule has 2 aromatic rings. The Kier molecular flexibility index (Phi) is 3.67. The molecule has 22 heavy (non-hydrogen) atoms. The van der Waals surface area contributed by atoms with Crippen molar-refractivity contribution in [3.8, 4) is 5.75 Å². The highest BCUT2D eigenvalue weighted by Crippen LogP contribution is 2.28. The number of fused-ring (bicyclic) bond motifs is 1. The first kappa shape index (κ1) is 14.3. The summed E-state index contributed by atoms with van der Waals surface area (Å²) in [6, 6.07) is 11.1. The molecule has 112 valence electrons. The van der Waals surface area contributed by atoms with E-state index in [1.54, 1.807) is 30.2 Å². The fourth-order valence-electron chi connectivity index (χ4n) is 2.76. The van der Waals surface area contributed by atoms with E-state index in [1.165, 1.54) is 0 Å². The zero-order chi connectivity index (χ0) is 15.7. The van der Waals surface area contributed by atoms with Crippen LogP contribution in [0.15, 0.2) is 36.4 Å². The number of hydrogen-bond acceptors (Lipinski definition) is 3. The minimum absolute atomic E-state index is 0.0179. The summed E-state index contributed by atoms with van der Waals surface area (Å²) in [6.45, 7) is 3.02. The third-order valence-corrected chi connectivity index (χ3v) is 4.07. The van der Waals surface area contributed by atoms with E-state index < -0.39 is 0 Å². The van der Waals surface area contributed by atoms with Gasteiger partial charge in [0.25, 0.3) is 5.91 Å². The Morgan fingerprint density at radius 1 is 1.14 bits per heavy atom. The predicted molar refractivity (Wildman–Crippen MR) is 83.1 cm³/mol. The van der Waals surface area contributed by atoms with Crippen LogP contribution in [0.25, 0.3) is 0 Å². The lowest BCUT2D eigenvalue weighted by Gasteiger charge is -2.16. The van der Waals surface area contributed by atoms with E-state index in [1.807, 2.05) is 25.1 Å². The van der Waals surface area contributed by atoms with E-state index >= 15 is 0 Å². The van der Waals surface area contributed by atoms with Gasteiger partial charge in [0.2, 0.25) is 0 Å². The molecule has 0 radical (unpaired) electrons. The number of carbonyl (C=O) groups is 2. The first-order valence-corrected chi connectivity index (χ1v) is 7.13.